The van der Waals surface area contributed by atoms with Crippen molar-refractivity contribution in [1.82, 2.24) is 0 Å². The summed E-state index contributed by atoms with van der Waals surface area (Å²) in [5.74, 6) is 0.688. The minimum absolute atomic E-state index is 0.0651. The van der Waals surface area contributed by atoms with Crippen molar-refractivity contribution in [3.05, 3.63) is 54.1 Å². The summed E-state index contributed by atoms with van der Waals surface area (Å²) in [6.07, 6.45) is 0. The van der Waals surface area contributed by atoms with Crippen molar-refractivity contribution < 1.29 is 17.9 Å². The molecule has 1 amide bonds. The third-order valence-corrected chi connectivity index (χ3v) is 5.10. The Bertz CT molecular complexity index is 812. The fraction of sp³-hybridized carbons (Fsp3) is 0.188. The number of hydrogen-bond acceptors (Lipinski definition) is 4. The number of ether oxygens (including phenoxy) is 1. The molecule has 1 aliphatic rings. The maximum absolute atomic E-state index is 12.1. The van der Waals surface area contributed by atoms with E-state index in [9.17, 15) is 13.2 Å². The van der Waals surface area contributed by atoms with Gasteiger partial charge in [0, 0.05) is 0 Å². The van der Waals surface area contributed by atoms with Crippen LogP contribution in [0.15, 0.2) is 53.4 Å². The van der Waals surface area contributed by atoms with Crippen molar-refractivity contribution in [2.45, 2.75) is 11.8 Å². The number of carbonyl (C=O) groups is 1. The van der Waals surface area contributed by atoms with E-state index in [1.807, 2.05) is 31.2 Å². The van der Waals surface area contributed by atoms with E-state index in [2.05, 4.69) is 0 Å². The molecule has 22 heavy (non-hydrogen) atoms. The van der Waals surface area contributed by atoms with Gasteiger partial charge >= 0.3 is 5.24 Å². The number of fused-ring (bicyclic) bond motifs is 1. The van der Waals surface area contributed by atoms with Crippen LogP contribution in [0.1, 0.15) is 5.56 Å². The summed E-state index contributed by atoms with van der Waals surface area (Å²) in [4.78, 5) is 13.4. The molecular formula is C16H15NO4S. The number of hydrogen-bond donors (Lipinski definition) is 0. The zero-order chi connectivity index (χ0) is 15.7. The summed E-state index contributed by atoms with van der Waals surface area (Å²) < 4.78 is 29.6. The molecule has 0 fully saturated rings. The van der Waals surface area contributed by atoms with E-state index >= 15 is 0 Å². The Balaban J connectivity index is 1.73. The van der Waals surface area contributed by atoms with Gasteiger partial charge in [0.25, 0.3) is 9.84 Å². The van der Waals surface area contributed by atoms with Crippen LogP contribution in [0.4, 0.5) is 10.5 Å². The second kappa shape index (κ2) is 5.46. The predicted molar refractivity (Wildman–Crippen MR) is 83.0 cm³/mol. The third-order valence-electron chi connectivity index (χ3n) is 3.50. The van der Waals surface area contributed by atoms with E-state index < -0.39 is 15.1 Å². The highest BCUT2D eigenvalue weighted by Gasteiger charge is 2.41. The lowest BCUT2D eigenvalue weighted by atomic mass is 10.2. The SMILES string of the molecule is Cc1ccc(OCCN2C(=O)S(=O)(=O)c3ccccc32)cc1. The lowest BCUT2D eigenvalue weighted by molar-refractivity contribution is 0.260. The number of aryl methyl sites for hydroxylation is 1. The van der Waals surface area contributed by atoms with Gasteiger partial charge in [0.2, 0.25) is 0 Å². The molecule has 1 heterocycles. The van der Waals surface area contributed by atoms with E-state index in [0.717, 1.165) is 5.56 Å². The Morgan fingerprint density at radius 2 is 1.73 bits per heavy atom. The molecule has 114 valence electrons. The fourth-order valence-electron chi connectivity index (χ4n) is 2.35. The Morgan fingerprint density at radius 1 is 1.05 bits per heavy atom. The molecule has 0 saturated heterocycles. The minimum Gasteiger partial charge on any atom is -0.492 e. The number of anilines is 1. The van der Waals surface area contributed by atoms with E-state index in [1.165, 1.54) is 11.0 Å². The van der Waals surface area contributed by atoms with Crippen LogP contribution in [0, 0.1) is 6.92 Å². The zero-order valence-corrected chi connectivity index (χ0v) is 12.8. The van der Waals surface area contributed by atoms with Crippen molar-refractivity contribution in [1.29, 1.82) is 0 Å². The van der Waals surface area contributed by atoms with Crippen LogP contribution < -0.4 is 9.64 Å². The molecule has 0 atom stereocenters. The molecule has 1 aliphatic heterocycles. The lowest BCUT2D eigenvalue weighted by Crippen LogP contribution is -2.32. The Morgan fingerprint density at radius 3 is 2.45 bits per heavy atom. The second-order valence-corrected chi connectivity index (χ2v) is 6.85. The van der Waals surface area contributed by atoms with Crippen LogP contribution in [-0.2, 0) is 9.84 Å². The standard InChI is InChI=1S/C16H15NO4S/c1-12-6-8-13(9-7-12)21-11-10-17-14-4-2-3-5-15(14)22(19,20)16(17)18/h2-9H,10-11H2,1H3. The lowest BCUT2D eigenvalue weighted by Gasteiger charge is -2.16. The number of para-hydroxylation sites is 1. The van der Waals surface area contributed by atoms with Gasteiger partial charge in [-0.1, -0.05) is 29.8 Å². The number of nitrogens with zero attached hydrogens (tertiary/aromatic N) is 1. The van der Waals surface area contributed by atoms with Crippen LogP contribution in [0.3, 0.4) is 0 Å². The molecule has 0 aromatic heterocycles. The van der Waals surface area contributed by atoms with E-state index in [4.69, 9.17) is 4.74 Å². The first-order chi connectivity index (χ1) is 10.5. The molecule has 0 radical (unpaired) electrons. The molecule has 0 spiro atoms. The Kier molecular flexibility index (Phi) is 3.62. The quantitative estimate of drug-likeness (QED) is 0.870. The van der Waals surface area contributed by atoms with Crippen molar-refractivity contribution in [2.24, 2.45) is 0 Å². The number of rotatable bonds is 4. The summed E-state index contributed by atoms with van der Waals surface area (Å²) in [5.41, 5.74) is 1.54. The summed E-state index contributed by atoms with van der Waals surface area (Å²) in [6.45, 7) is 2.38. The highest BCUT2D eigenvalue weighted by atomic mass is 32.2. The minimum atomic E-state index is -3.90. The average Bonchev–Trinajstić information content (AvgIpc) is 2.71. The third kappa shape index (κ3) is 2.46. The van der Waals surface area contributed by atoms with Gasteiger partial charge in [-0.25, -0.2) is 8.42 Å². The van der Waals surface area contributed by atoms with Gasteiger partial charge in [0.15, 0.2) is 0 Å². The van der Waals surface area contributed by atoms with Crippen LogP contribution in [0.2, 0.25) is 0 Å². The van der Waals surface area contributed by atoms with E-state index in [0.29, 0.717) is 11.4 Å². The number of carbonyl (C=O) groups excluding carboxylic acids is 1. The van der Waals surface area contributed by atoms with Gasteiger partial charge in [-0.3, -0.25) is 9.69 Å². The highest BCUT2D eigenvalue weighted by molar-refractivity contribution is 8.07. The Labute approximate surface area is 129 Å². The second-order valence-electron chi connectivity index (χ2n) is 5.05. The maximum Gasteiger partial charge on any atom is 0.348 e. The highest BCUT2D eigenvalue weighted by Crippen LogP contribution is 2.34. The van der Waals surface area contributed by atoms with E-state index in [-0.39, 0.29) is 18.0 Å². The Hall–Kier alpha value is -2.34. The van der Waals surface area contributed by atoms with Gasteiger partial charge in [0.1, 0.15) is 17.3 Å². The summed E-state index contributed by atoms with van der Waals surface area (Å²) in [5, 5.41) is -0.888. The molecule has 0 N–H and O–H groups in total. The smallest absolute Gasteiger partial charge is 0.348 e. The molecule has 0 bridgehead atoms. The largest absolute Gasteiger partial charge is 0.492 e. The fourth-order valence-corrected chi connectivity index (χ4v) is 3.73. The average molecular weight is 317 g/mol. The molecule has 0 unspecified atom stereocenters. The first-order valence-electron chi connectivity index (χ1n) is 6.85. The zero-order valence-electron chi connectivity index (χ0n) is 12.0. The number of sulfone groups is 1. The van der Waals surface area contributed by atoms with Gasteiger partial charge < -0.3 is 4.74 Å². The van der Waals surface area contributed by atoms with Crippen LogP contribution in [-0.4, -0.2) is 26.8 Å². The molecule has 3 rings (SSSR count). The monoisotopic (exact) mass is 317 g/mol. The van der Waals surface area contributed by atoms with E-state index in [1.54, 1.807) is 18.2 Å². The normalized spacial score (nSPS) is 15.7. The van der Waals surface area contributed by atoms with Crippen LogP contribution in [0.5, 0.6) is 5.75 Å². The number of amides is 1. The van der Waals surface area contributed by atoms with Crippen LogP contribution in [0.25, 0.3) is 0 Å². The molecule has 2 aromatic rings. The number of benzene rings is 2. The van der Waals surface area contributed by atoms with Gasteiger partial charge in [-0.15, -0.1) is 0 Å². The van der Waals surface area contributed by atoms with Crippen molar-refractivity contribution in [3.8, 4) is 5.75 Å². The first-order valence-corrected chi connectivity index (χ1v) is 8.33. The first kappa shape index (κ1) is 14.6. The van der Waals surface area contributed by atoms with Crippen molar-refractivity contribution in [3.63, 3.8) is 0 Å². The van der Waals surface area contributed by atoms with Crippen LogP contribution >= 0.6 is 0 Å². The molecular weight excluding hydrogens is 302 g/mol. The van der Waals surface area contributed by atoms with Gasteiger partial charge in [-0.05, 0) is 31.2 Å². The van der Waals surface area contributed by atoms with Crippen molar-refractivity contribution in [2.75, 3.05) is 18.1 Å². The van der Waals surface area contributed by atoms with Gasteiger partial charge in [0.05, 0.1) is 12.2 Å². The summed E-state index contributed by atoms with van der Waals surface area (Å²) >= 11 is 0. The molecule has 0 aliphatic carbocycles. The maximum atomic E-state index is 12.1. The predicted octanol–water partition coefficient (Wildman–Crippen LogP) is 2.79. The topological polar surface area (TPSA) is 63.7 Å². The molecule has 6 heteroatoms. The van der Waals surface area contributed by atoms with Crippen molar-refractivity contribution >= 4 is 20.8 Å². The molecule has 5 nitrogen and oxygen atoms in total. The summed E-state index contributed by atoms with van der Waals surface area (Å²) in [7, 11) is -3.90. The summed E-state index contributed by atoms with van der Waals surface area (Å²) in [6, 6.07) is 13.9. The van der Waals surface area contributed by atoms with Gasteiger partial charge in [-0.2, -0.15) is 0 Å². The molecule has 2 aromatic carbocycles. The molecule has 0 saturated carbocycles.